The number of hydrogen-bond acceptors (Lipinski definition) is 3. The Morgan fingerprint density at radius 2 is 2.23 bits per heavy atom. The van der Waals surface area contributed by atoms with E-state index in [2.05, 4.69) is 30.9 Å². The highest BCUT2D eigenvalue weighted by Gasteiger charge is 2.01. The Kier molecular flexibility index (Phi) is 3.96. The number of rotatable bonds is 4. The van der Waals surface area contributed by atoms with Crippen molar-refractivity contribution in [2.24, 2.45) is 0 Å². The van der Waals surface area contributed by atoms with Crippen molar-refractivity contribution < 1.29 is 4.74 Å². The number of hydrogen-bond donors (Lipinski definition) is 2. The van der Waals surface area contributed by atoms with Gasteiger partial charge in [0.15, 0.2) is 0 Å². The van der Waals surface area contributed by atoms with Crippen LogP contribution in [0.5, 0.6) is 5.75 Å². The van der Waals surface area contributed by atoms with Gasteiger partial charge in [-0.05, 0) is 30.2 Å². The van der Waals surface area contributed by atoms with Gasteiger partial charge < -0.3 is 10.1 Å². The lowest BCUT2D eigenvalue weighted by molar-refractivity contribution is 0.410. The van der Waals surface area contributed by atoms with Gasteiger partial charge in [-0.2, -0.15) is 12.6 Å². The molecule has 1 rings (SSSR count). The van der Waals surface area contributed by atoms with Crippen molar-refractivity contribution in [2.45, 2.75) is 13.3 Å². The maximum atomic E-state index is 5.22. The molecule has 72 valence electrons. The monoisotopic (exact) mass is 197 g/mol. The smallest absolute Gasteiger partial charge is 0.122 e. The van der Waals surface area contributed by atoms with Crippen LogP contribution in [0.3, 0.4) is 0 Å². The molecule has 0 atom stereocenters. The van der Waals surface area contributed by atoms with Crippen molar-refractivity contribution >= 4 is 18.3 Å². The fraction of sp³-hybridized carbons (Fsp3) is 0.400. The third-order valence-electron chi connectivity index (χ3n) is 1.94. The molecule has 0 radical (unpaired) electrons. The molecular weight excluding hydrogens is 182 g/mol. The van der Waals surface area contributed by atoms with Crippen molar-refractivity contribution in [3.63, 3.8) is 0 Å². The van der Waals surface area contributed by atoms with Gasteiger partial charge in [-0.25, -0.2) is 0 Å². The standard InChI is InChI=1S/C10H15NOS/c1-3-8-6-9(11-7-13)4-5-10(8)12-2/h4-6,11,13H,3,7H2,1-2H3. The van der Waals surface area contributed by atoms with Crippen molar-refractivity contribution in [3.8, 4) is 5.75 Å². The number of methoxy groups -OCH3 is 1. The fourth-order valence-corrected chi connectivity index (χ4v) is 1.44. The molecule has 13 heavy (non-hydrogen) atoms. The number of thiol groups is 1. The summed E-state index contributed by atoms with van der Waals surface area (Å²) in [4.78, 5) is 0. The van der Waals surface area contributed by atoms with E-state index in [1.807, 2.05) is 12.1 Å². The molecule has 0 spiro atoms. The third kappa shape index (κ3) is 2.56. The second-order valence-corrected chi connectivity index (χ2v) is 3.03. The average molecular weight is 197 g/mol. The largest absolute Gasteiger partial charge is 0.496 e. The topological polar surface area (TPSA) is 21.3 Å². The van der Waals surface area contributed by atoms with Crippen molar-refractivity contribution in [1.29, 1.82) is 0 Å². The van der Waals surface area contributed by atoms with E-state index in [1.165, 1.54) is 5.56 Å². The molecule has 0 aliphatic heterocycles. The van der Waals surface area contributed by atoms with E-state index in [1.54, 1.807) is 7.11 Å². The minimum absolute atomic E-state index is 0.648. The Morgan fingerprint density at radius 1 is 1.46 bits per heavy atom. The highest BCUT2D eigenvalue weighted by Crippen LogP contribution is 2.22. The molecule has 3 heteroatoms. The molecule has 0 aliphatic carbocycles. The fourth-order valence-electron chi connectivity index (χ4n) is 1.26. The first-order valence-corrected chi connectivity index (χ1v) is 4.96. The van der Waals surface area contributed by atoms with Crippen LogP contribution in [0.25, 0.3) is 0 Å². The molecule has 0 amide bonds. The Bertz CT molecular complexity index is 276. The molecule has 0 bridgehead atoms. The SMILES string of the molecule is CCc1cc(NCS)ccc1OC. The predicted octanol–water partition coefficient (Wildman–Crippen LogP) is 2.56. The Balaban J connectivity index is 2.91. The zero-order valence-corrected chi connectivity index (χ0v) is 8.90. The zero-order valence-electron chi connectivity index (χ0n) is 8.00. The van der Waals surface area contributed by atoms with Gasteiger partial charge in [0.25, 0.3) is 0 Å². The lowest BCUT2D eigenvalue weighted by Crippen LogP contribution is -1.97. The van der Waals surface area contributed by atoms with E-state index in [9.17, 15) is 0 Å². The number of benzene rings is 1. The maximum absolute atomic E-state index is 5.22. The third-order valence-corrected chi connectivity index (χ3v) is 2.10. The number of anilines is 1. The Morgan fingerprint density at radius 3 is 2.77 bits per heavy atom. The molecule has 1 aromatic carbocycles. The highest BCUT2D eigenvalue weighted by atomic mass is 32.1. The average Bonchev–Trinajstić information content (AvgIpc) is 2.18. The van der Waals surface area contributed by atoms with E-state index in [0.29, 0.717) is 5.88 Å². The quantitative estimate of drug-likeness (QED) is 0.572. The number of aryl methyl sites for hydroxylation is 1. The molecule has 1 N–H and O–H groups in total. The van der Waals surface area contributed by atoms with E-state index in [4.69, 9.17) is 4.74 Å². The summed E-state index contributed by atoms with van der Waals surface area (Å²) in [6, 6.07) is 6.06. The second kappa shape index (κ2) is 5.02. The first-order chi connectivity index (χ1) is 6.31. The van der Waals surface area contributed by atoms with Gasteiger partial charge in [-0.15, -0.1) is 0 Å². The summed E-state index contributed by atoms with van der Waals surface area (Å²) in [5.41, 5.74) is 2.31. The van der Waals surface area contributed by atoms with Gasteiger partial charge in [-0.3, -0.25) is 0 Å². The van der Waals surface area contributed by atoms with Crippen molar-refractivity contribution in [1.82, 2.24) is 0 Å². The minimum Gasteiger partial charge on any atom is -0.496 e. The van der Waals surface area contributed by atoms with Crippen LogP contribution >= 0.6 is 12.6 Å². The lowest BCUT2D eigenvalue weighted by atomic mass is 10.1. The molecule has 0 aliphatic rings. The molecule has 0 aromatic heterocycles. The Labute approximate surface area is 84.7 Å². The van der Waals surface area contributed by atoms with E-state index in [0.717, 1.165) is 17.9 Å². The van der Waals surface area contributed by atoms with Crippen LogP contribution < -0.4 is 10.1 Å². The van der Waals surface area contributed by atoms with Crippen LogP contribution in [0.4, 0.5) is 5.69 Å². The van der Waals surface area contributed by atoms with Crippen molar-refractivity contribution in [3.05, 3.63) is 23.8 Å². The minimum atomic E-state index is 0.648. The maximum Gasteiger partial charge on any atom is 0.122 e. The normalized spacial score (nSPS) is 9.77. The van der Waals surface area contributed by atoms with Crippen LogP contribution in [0, 0.1) is 0 Å². The lowest BCUT2D eigenvalue weighted by Gasteiger charge is -2.09. The molecule has 0 saturated heterocycles. The summed E-state index contributed by atoms with van der Waals surface area (Å²) >= 11 is 4.10. The van der Waals surface area contributed by atoms with Crippen LogP contribution in [0.2, 0.25) is 0 Å². The van der Waals surface area contributed by atoms with Crippen molar-refractivity contribution in [2.75, 3.05) is 18.3 Å². The van der Waals surface area contributed by atoms with E-state index < -0.39 is 0 Å². The van der Waals surface area contributed by atoms with Crippen LogP contribution in [-0.4, -0.2) is 13.0 Å². The van der Waals surface area contributed by atoms with Gasteiger partial charge in [0.2, 0.25) is 0 Å². The summed E-state index contributed by atoms with van der Waals surface area (Å²) < 4.78 is 5.22. The first kappa shape index (κ1) is 10.3. The second-order valence-electron chi connectivity index (χ2n) is 2.72. The molecule has 0 unspecified atom stereocenters. The van der Waals surface area contributed by atoms with Gasteiger partial charge in [0.05, 0.1) is 13.0 Å². The molecule has 0 heterocycles. The highest BCUT2D eigenvalue weighted by molar-refractivity contribution is 7.80. The first-order valence-electron chi connectivity index (χ1n) is 4.33. The van der Waals surface area contributed by atoms with Gasteiger partial charge in [0.1, 0.15) is 5.75 Å². The summed E-state index contributed by atoms with van der Waals surface area (Å²) in [6.45, 7) is 2.11. The summed E-state index contributed by atoms with van der Waals surface area (Å²) in [5, 5.41) is 3.14. The predicted molar refractivity (Wildman–Crippen MR) is 59.8 cm³/mol. The molecular formula is C10H15NOS. The van der Waals surface area contributed by atoms with Crippen LogP contribution in [-0.2, 0) is 6.42 Å². The van der Waals surface area contributed by atoms with E-state index in [-0.39, 0.29) is 0 Å². The zero-order chi connectivity index (χ0) is 9.68. The molecule has 1 aromatic rings. The van der Waals surface area contributed by atoms with Crippen LogP contribution in [0.1, 0.15) is 12.5 Å². The molecule has 2 nitrogen and oxygen atoms in total. The number of ether oxygens (including phenoxy) is 1. The van der Waals surface area contributed by atoms with Crippen LogP contribution in [0.15, 0.2) is 18.2 Å². The molecule has 0 saturated carbocycles. The Hall–Kier alpha value is -0.830. The summed E-state index contributed by atoms with van der Waals surface area (Å²) in [7, 11) is 1.69. The summed E-state index contributed by atoms with van der Waals surface area (Å²) in [5.74, 6) is 1.60. The van der Waals surface area contributed by atoms with Gasteiger partial charge >= 0.3 is 0 Å². The molecule has 0 fully saturated rings. The van der Waals surface area contributed by atoms with Gasteiger partial charge in [0, 0.05) is 5.69 Å². The summed E-state index contributed by atoms with van der Waals surface area (Å²) in [6.07, 6.45) is 0.977. The van der Waals surface area contributed by atoms with Gasteiger partial charge in [-0.1, -0.05) is 6.92 Å². The van der Waals surface area contributed by atoms with E-state index >= 15 is 0 Å². The number of nitrogens with one attached hydrogen (secondary N) is 1.